The fraction of sp³-hybridized carbons (Fsp3) is 0.268. The van der Waals surface area contributed by atoms with Crippen molar-refractivity contribution in [2.24, 2.45) is 0 Å². The van der Waals surface area contributed by atoms with Gasteiger partial charge in [0.2, 0.25) is 17.4 Å². The molecule has 49 heavy (non-hydrogen) atoms. The minimum atomic E-state index is -1.70. The highest BCUT2D eigenvalue weighted by molar-refractivity contribution is 8.36. The summed E-state index contributed by atoms with van der Waals surface area (Å²) in [5.74, 6) is -7.56. The highest BCUT2D eigenvalue weighted by Gasteiger charge is 2.28. The maximum Gasteiger partial charge on any atom is 0.205 e. The number of ether oxygens (including phenoxy) is 1. The Bertz CT molecular complexity index is 1520. The number of allylic oxidation sites excluding steroid dienone is 3. The third-order valence-corrected chi connectivity index (χ3v) is 11.6. The average Bonchev–Trinajstić information content (AvgIpc) is 3.16. The van der Waals surface area contributed by atoms with Crippen molar-refractivity contribution >= 4 is 22.1 Å². The molecule has 4 rings (SSSR count). The van der Waals surface area contributed by atoms with E-state index in [0.717, 1.165) is 24.8 Å². The van der Waals surface area contributed by atoms with Gasteiger partial charge in [-0.15, -0.1) is 0 Å². The molecule has 0 bridgehead atoms. The summed E-state index contributed by atoms with van der Waals surface area (Å²) in [5.41, 5.74) is 1.06. The summed E-state index contributed by atoms with van der Waals surface area (Å²) in [6.45, 7) is 20.0. The van der Waals surface area contributed by atoms with Crippen molar-refractivity contribution in [3.8, 4) is 11.5 Å². The molecular formula is C41H50F4O2S2. The molecule has 1 unspecified atom stereocenters. The summed E-state index contributed by atoms with van der Waals surface area (Å²) >= 11 is -0.408. The van der Waals surface area contributed by atoms with E-state index in [1.54, 1.807) is 12.1 Å². The van der Waals surface area contributed by atoms with Crippen molar-refractivity contribution < 1.29 is 26.9 Å². The molecule has 0 spiro atoms. The van der Waals surface area contributed by atoms with Crippen molar-refractivity contribution in [2.75, 3.05) is 6.26 Å². The van der Waals surface area contributed by atoms with Crippen LogP contribution in [0.5, 0.6) is 11.5 Å². The van der Waals surface area contributed by atoms with Crippen LogP contribution in [0.2, 0.25) is 0 Å². The number of benzene rings is 4. The maximum absolute atomic E-state index is 13.9. The quantitative estimate of drug-likeness (QED) is 0.0686. The van der Waals surface area contributed by atoms with E-state index in [2.05, 4.69) is 100 Å². The molecule has 0 amide bonds. The first-order valence-corrected chi connectivity index (χ1v) is 19.3. The van der Waals surface area contributed by atoms with Crippen molar-refractivity contribution in [1.29, 1.82) is 0 Å². The van der Waals surface area contributed by atoms with Crippen LogP contribution < -0.4 is 4.74 Å². The van der Waals surface area contributed by atoms with Crippen LogP contribution in [0.4, 0.5) is 17.6 Å². The minimum Gasteiger partial charge on any atom is -0.451 e. The summed E-state index contributed by atoms with van der Waals surface area (Å²) in [5, 5.41) is 0. The Labute approximate surface area is 297 Å². The highest BCUT2D eigenvalue weighted by atomic mass is 32.3. The fourth-order valence-electron chi connectivity index (χ4n) is 4.92. The summed E-state index contributed by atoms with van der Waals surface area (Å²) in [7, 11) is -1.28. The normalized spacial score (nSPS) is 11.7. The predicted molar refractivity (Wildman–Crippen MR) is 203 cm³/mol. The highest BCUT2D eigenvalue weighted by Crippen LogP contribution is 2.65. The molecule has 0 aliphatic rings. The Morgan fingerprint density at radius 1 is 0.776 bits per heavy atom. The SMILES string of the molecule is C=C/C=C(\C=C)S(C)(c1ccccc1)c1ccccc1.CC.CC.CCCC(CC)c1ccc(Oc2c(F)c(F)c(SO)c(F)c2F)cc1. The van der Waals surface area contributed by atoms with Gasteiger partial charge in [-0.2, -0.15) is 18.8 Å². The van der Waals surface area contributed by atoms with Gasteiger partial charge < -0.3 is 9.29 Å². The lowest BCUT2D eigenvalue weighted by Crippen LogP contribution is -2.03. The summed E-state index contributed by atoms with van der Waals surface area (Å²) in [6, 6.07) is 27.8. The van der Waals surface area contributed by atoms with E-state index < -0.39 is 56.0 Å². The van der Waals surface area contributed by atoms with E-state index in [9.17, 15) is 17.6 Å². The van der Waals surface area contributed by atoms with Gasteiger partial charge in [-0.1, -0.05) is 128 Å². The molecule has 4 aromatic rings. The van der Waals surface area contributed by atoms with E-state index in [1.807, 2.05) is 39.8 Å². The Balaban J connectivity index is 0.000000453. The molecule has 266 valence electrons. The van der Waals surface area contributed by atoms with Gasteiger partial charge >= 0.3 is 0 Å². The molecule has 0 aliphatic heterocycles. The number of halogens is 4. The van der Waals surface area contributed by atoms with Crippen LogP contribution in [0.1, 0.15) is 72.3 Å². The molecule has 0 aliphatic carbocycles. The van der Waals surface area contributed by atoms with Crippen molar-refractivity contribution in [3.63, 3.8) is 0 Å². The first kappa shape index (κ1) is 43.3. The molecule has 0 saturated carbocycles. The van der Waals surface area contributed by atoms with E-state index >= 15 is 0 Å². The standard InChI is InChI=1S/C19H20S.C18H18F4O2S.2C2H6/c1-4-12-17(5-2)20(3,18-13-8-6-9-14-18)19-15-10-7-11-16-19;1-3-5-10(4-2)11-6-8-12(9-7-11)24-17-13(19)15(21)18(25-23)16(22)14(17)20;2*1-2/h4-16H,1-2H2,3H3;6-10,23H,3-5H2,1-2H3;2*1-2H3/b17-12+;;;. The molecule has 0 radical (unpaired) electrons. The second kappa shape index (κ2) is 22.8. The van der Waals surface area contributed by atoms with Gasteiger partial charge in [0.15, 0.2) is 11.6 Å². The van der Waals surface area contributed by atoms with Gasteiger partial charge in [-0.25, -0.2) is 8.78 Å². The minimum absolute atomic E-state index is 0.0519. The van der Waals surface area contributed by atoms with Gasteiger partial charge in [-0.05, 0) is 81.7 Å². The second-order valence-corrected chi connectivity index (χ2v) is 14.0. The van der Waals surface area contributed by atoms with Crippen molar-refractivity contribution in [2.45, 2.75) is 81.4 Å². The summed E-state index contributed by atoms with van der Waals surface area (Å²) in [4.78, 5) is 2.74. The molecule has 1 N–H and O–H groups in total. The second-order valence-electron chi connectivity index (χ2n) is 10.1. The van der Waals surface area contributed by atoms with Gasteiger partial charge in [0.25, 0.3) is 0 Å². The van der Waals surface area contributed by atoms with Crippen LogP contribution in [-0.2, 0) is 0 Å². The molecule has 0 saturated heterocycles. The Morgan fingerprint density at radius 3 is 1.61 bits per heavy atom. The van der Waals surface area contributed by atoms with Gasteiger partial charge in [0.1, 0.15) is 10.6 Å². The lowest BCUT2D eigenvalue weighted by molar-refractivity contribution is 0.352. The monoisotopic (exact) mass is 714 g/mol. The third-order valence-electron chi connectivity index (χ3n) is 7.36. The fourth-order valence-corrected chi connectivity index (χ4v) is 8.18. The van der Waals surface area contributed by atoms with E-state index in [4.69, 9.17) is 9.29 Å². The Hall–Kier alpha value is -3.72. The number of rotatable bonds is 12. The zero-order valence-electron chi connectivity index (χ0n) is 29.6. The van der Waals surface area contributed by atoms with Crippen molar-refractivity contribution in [1.82, 2.24) is 0 Å². The topological polar surface area (TPSA) is 29.5 Å². The predicted octanol–water partition coefficient (Wildman–Crippen LogP) is 14.7. The molecule has 0 heterocycles. The van der Waals surface area contributed by atoms with Crippen LogP contribution in [0.25, 0.3) is 0 Å². The smallest absolute Gasteiger partial charge is 0.205 e. The van der Waals surface area contributed by atoms with Crippen LogP contribution in [0.15, 0.2) is 136 Å². The maximum atomic E-state index is 13.9. The molecular weight excluding hydrogens is 665 g/mol. The zero-order chi connectivity index (χ0) is 37.0. The Kier molecular flexibility index (Phi) is 20.2. The zero-order valence-corrected chi connectivity index (χ0v) is 31.2. The van der Waals surface area contributed by atoms with Crippen molar-refractivity contribution in [3.05, 3.63) is 150 Å². The first-order chi connectivity index (χ1) is 23.7. The van der Waals surface area contributed by atoms with E-state index in [1.165, 1.54) is 26.8 Å². The molecule has 8 heteroatoms. The van der Waals surface area contributed by atoms with Gasteiger partial charge in [0.05, 0.1) is 0 Å². The molecule has 0 fully saturated rings. The summed E-state index contributed by atoms with van der Waals surface area (Å²) < 4.78 is 68.9. The number of hydrogen-bond acceptors (Lipinski definition) is 3. The first-order valence-electron chi connectivity index (χ1n) is 16.5. The number of hydrogen-bond donors (Lipinski definition) is 1. The lowest BCUT2D eigenvalue weighted by atomic mass is 9.92. The summed E-state index contributed by atoms with van der Waals surface area (Å²) in [6.07, 6.45) is 11.2. The van der Waals surface area contributed by atoms with Crippen LogP contribution in [0, 0.1) is 23.3 Å². The van der Waals surface area contributed by atoms with Crippen LogP contribution in [-0.4, -0.2) is 10.8 Å². The third kappa shape index (κ3) is 11.1. The molecule has 0 aromatic heterocycles. The lowest BCUT2D eigenvalue weighted by Gasteiger charge is -2.38. The van der Waals surface area contributed by atoms with Crippen LogP contribution >= 0.6 is 22.1 Å². The van der Waals surface area contributed by atoms with E-state index in [-0.39, 0.29) is 5.75 Å². The largest absolute Gasteiger partial charge is 0.451 e. The molecule has 4 aromatic carbocycles. The Morgan fingerprint density at radius 2 is 1.24 bits per heavy atom. The molecule has 2 nitrogen and oxygen atoms in total. The van der Waals surface area contributed by atoms with Gasteiger partial charge in [0, 0.05) is 12.0 Å². The average molecular weight is 715 g/mol. The van der Waals surface area contributed by atoms with E-state index in [0.29, 0.717) is 5.92 Å². The molecule has 1 atom stereocenters. The van der Waals surface area contributed by atoms with Gasteiger partial charge in [-0.3, -0.25) is 0 Å². The van der Waals surface area contributed by atoms with Crippen LogP contribution in [0.3, 0.4) is 0 Å².